The van der Waals surface area contributed by atoms with Gasteiger partial charge in [0.15, 0.2) is 0 Å². The van der Waals surface area contributed by atoms with Crippen molar-refractivity contribution < 1.29 is 9.84 Å². The molecular formula is C9H16N4O2. The Morgan fingerprint density at radius 1 is 1.60 bits per heavy atom. The molecule has 4 N–H and O–H groups in total. The standard InChI is InChI=1S/C9H16N4O2/c1-6(14)7(10)3-12-8-4-11-5-9(13-8)15-2/h4-7,14H,3,10H2,1-2H3,(H,12,13). The topological polar surface area (TPSA) is 93.3 Å². The number of aliphatic hydroxyl groups excluding tert-OH is 1. The summed E-state index contributed by atoms with van der Waals surface area (Å²) < 4.78 is 4.91. The number of aromatic nitrogens is 2. The van der Waals surface area contributed by atoms with Gasteiger partial charge in [0.1, 0.15) is 5.82 Å². The number of aliphatic hydroxyl groups is 1. The lowest BCUT2D eigenvalue weighted by Gasteiger charge is -2.15. The zero-order chi connectivity index (χ0) is 11.3. The number of nitrogens with zero attached hydrogens (tertiary/aromatic N) is 2. The van der Waals surface area contributed by atoms with Crippen LogP contribution < -0.4 is 15.8 Å². The monoisotopic (exact) mass is 212 g/mol. The van der Waals surface area contributed by atoms with Gasteiger partial charge in [-0.3, -0.25) is 4.98 Å². The van der Waals surface area contributed by atoms with Gasteiger partial charge in [-0.05, 0) is 6.92 Å². The molecule has 0 aliphatic carbocycles. The fraction of sp³-hybridized carbons (Fsp3) is 0.556. The van der Waals surface area contributed by atoms with E-state index in [2.05, 4.69) is 15.3 Å². The summed E-state index contributed by atoms with van der Waals surface area (Å²) in [5.41, 5.74) is 5.64. The first kappa shape index (κ1) is 11.7. The lowest BCUT2D eigenvalue weighted by atomic mass is 10.2. The van der Waals surface area contributed by atoms with Crippen LogP contribution in [0.1, 0.15) is 6.92 Å². The fourth-order valence-corrected chi connectivity index (χ4v) is 0.925. The van der Waals surface area contributed by atoms with Gasteiger partial charge in [-0.1, -0.05) is 0 Å². The molecule has 1 aromatic rings. The Balaban J connectivity index is 2.50. The minimum absolute atomic E-state index is 0.335. The van der Waals surface area contributed by atoms with Crippen LogP contribution in [0, 0.1) is 0 Å². The van der Waals surface area contributed by atoms with E-state index in [1.165, 1.54) is 13.3 Å². The summed E-state index contributed by atoms with van der Waals surface area (Å²) in [6.07, 6.45) is 2.52. The summed E-state index contributed by atoms with van der Waals surface area (Å²) >= 11 is 0. The average Bonchev–Trinajstić information content (AvgIpc) is 2.26. The molecule has 84 valence electrons. The lowest BCUT2D eigenvalue weighted by molar-refractivity contribution is 0.168. The largest absolute Gasteiger partial charge is 0.480 e. The highest BCUT2D eigenvalue weighted by Gasteiger charge is 2.08. The number of ether oxygens (including phenoxy) is 1. The highest BCUT2D eigenvalue weighted by molar-refractivity contribution is 5.33. The molecule has 0 bridgehead atoms. The first-order valence-corrected chi connectivity index (χ1v) is 4.67. The number of nitrogens with two attached hydrogens (primary N) is 1. The molecule has 15 heavy (non-hydrogen) atoms. The van der Waals surface area contributed by atoms with Gasteiger partial charge in [0.25, 0.3) is 0 Å². The third-order valence-corrected chi connectivity index (χ3v) is 1.96. The summed E-state index contributed by atoms with van der Waals surface area (Å²) in [5.74, 6) is 1.01. The van der Waals surface area contributed by atoms with Crippen LogP contribution >= 0.6 is 0 Å². The Kier molecular flexibility index (Phi) is 4.26. The van der Waals surface area contributed by atoms with Crippen LogP contribution in [0.3, 0.4) is 0 Å². The molecular weight excluding hydrogens is 196 g/mol. The second kappa shape index (κ2) is 5.47. The SMILES string of the molecule is COc1cncc(NCC(N)C(C)O)n1. The highest BCUT2D eigenvalue weighted by Crippen LogP contribution is 2.07. The summed E-state index contributed by atoms with van der Waals surface area (Å²) in [5, 5.41) is 12.1. The molecule has 0 saturated carbocycles. The number of hydrogen-bond acceptors (Lipinski definition) is 6. The number of nitrogens with one attached hydrogen (secondary N) is 1. The van der Waals surface area contributed by atoms with E-state index in [1.54, 1.807) is 13.1 Å². The van der Waals surface area contributed by atoms with Crippen molar-refractivity contribution in [3.8, 4) is 5.88 Å². The zero-order valence-electron chi connectivity index (χ0n) is 8.84. The van der Waals surface area contributed by atoms with Gasteiger partial charge in [-0.25, -0.2) is 0 Å². The van der Waals surface area contributed by atoms with Crippen molar-refractivity contribution in [2.24, 2.45) is 5.73 Å². The normalized spacial score (nSPS) is 14.4. The molecule has 6 heteroatoms. The quantitative estimate of drug-likeness (QED) is 0.615. The third kappa shape index (κ3) is 3.69. The second-order valence-corrected chi connectivity index (χ2v) is 3.23. The van der Waals surface area contributed by atoms with E-state index < -0.39 is 6.10 Å². The van der Waals surface area contributed by atoms with Gasteiger partial charge in [0.05, 0.1) is 25.6 Å². The summed E-state index contributed by atoms with van der Waals surface area (Å²) in [7, 11) is 1.52. The lowest BCUT2D eigenvalue weighted by Crippen LogP contribution is -2.38. The number of rotatable bonds is 5. The molecule has 0 radical (unpaired) electrons. The predicted molar refractivity (Wildman–Crippen MR) is 56.7 cm³/mol. The molecule has 0 aromatic carbocycles. The molecule has 0 spiro atoms. The van der Waals surface area contributed by atoms with Crippen molar-refractivity contribution in [2.75, 3.05) is 19.0 Å². The van der Waals surface area contributed by atoms with Crippen molar-refractivity contribution >= 4 is 5.82 Å². The fourth-order valence-electron chi connectivity index (χ4n) is 0.925. The minimum Gasteiger partial charge on any atom is -0.480 e. The average molecular weight is 212 g/mol. The van der Waals surface area contributed by atoms with Gasteiger partial charge in [-0.2, -0.15) is 4.98 Å². The van der Waals surface area contributed by atoms with Gasteiger partial charge < -0.3 is 20.9 Å². The Hall–Kier alpha value is -1.40. The Labute approximate surface area is 88.5 Å². The van der Waals surface area contributed by atoms with Crippen LogP contribution in [0.5, 0.6) is 5.88 Å². The number of anilines is 1. The zero-order valence-corrected chi connectivity index (χ0v) is 8.84. The maximum absolute atomic E-state index is 9.17. The van der Waals surface area contributed by atoms with Crippen LogP contribution in [0.4, 0.5) is 5.82 Å². The summed E-state index contributed by atoms with van der Waals surface area (Å²) in [6, 6.07) is -0.335. The molecule has 0 fully saturated rings. The van der Waals surface area contributed by atoms with Gasteiger partial charge in [-0.15, -0.1) is 0 Å². The first-order valence-electron chi connectivity index (χ1n) is 4.67. The first-order chi connectivity index (χ1) is 7.13. The summed E-state index contributed by atoms with van der Waals surface area (Å²) in [4.78, 5) is 8.01. The van der Waals surface area contributed by atoms with Crippen LogP contribution in [0.15, 0.2) is 12.4 Å². The third-order valence-electron chi connectivity index (χ3n) is 1.96. The van der Waals surface area contributed by atoms with E-state index >= 15 is 0 Å². The van der Waals surface area contributed by atoms with E-state index in [1.807, 2.05) is 0 Å². The van der Waals surface area contributed by atoms with Crippen molar-refractivity contribution in [3.05, 3.63) is 12.4 Å². The van der Waals surface area contributed by atoms with E-state index in [0.29, 0.717) is 18.2 Å². The van der Waals surface area contributed by atoms with Crippen molar-refractivity contribution in [1.82, 2.24) is 9.97 Å². The number of methoxy groups -OCH3 is 1. The second-order valence-electron chi connectivity index (χ2n) is 3.23. The van der Waals surface area contributed by atoms with E-state index in [4.69, 9.17) is 10.5 Å². The molecule has 1 heterocycles. The molecule has 0 aliphatic heterocycles. The molecule has 0 aliphatic rings. The maximum Gasteiger partial charge on any atom is 0.233 e. The summed E-state index contributed by atoms with van der Waals surface area (Å²) in [6.45, 7) is 2.07. The molecule has 0 amide bonds. The van der Waals surface area contributed by atoms with Crippen LogP contribution in [-0.2, 0) is 0 Å². The smallest absolute Gasteiger partial charge is 0.233 e. The van der Waals surface area contributed by atoms with Crippen LogP contribution in [0.2, 0.25) is 0 Å². The van der Waals surface area contributed by atoms with E-state index in [0.717, 1.165) is 0 Å². The van der Waals surface area contributed by atoms with Crippen molar-refractivity contribution in [3.63, 3.8) is 0 Å². The molecule has 6 nitrogen and oxygen atoms in total. The maximum atomic E-state index is 9.17. The van der Waals surface area contributed by atoms with Crippen molar-refractivity contribution in [1.29, 1.82) is 0 Å². The number of hydrogen-bond donors (Lipinski definition) is 3. The highest BCUT2D eigenvalue weighted by atomic mass is 16.5. The Morgan fingerprint density at radius 3 is 2.93 bits per heavy atom. The van der Waals surface area contributed by atoms with Crippen molar-refractivity contribution in [2.45, 2.75) is 19.1 Å². The van der Waals surface area contributed by atoms with Gasteiger partial charge in [0, 0.05) is 12.6 Å². The van der Waals surface area contributed by atoms with E-state index in [-0.39, 0.29) is 6.04 Å². The Morgan fingerprint density at radius 2 is 2.33 bits per heavy atom. The van der Waals surface area contributed by atoms with E-state index in [9.17, 15) is 5.11 Å². The molecule has 1 rings (SSSR count). The minimum atomic E-state index is -0.559. The molecule has 0 saturated heterocycles. The van der Waals surface area contributed by atoms with Crippen LogP contribution in [-0.4, -0.2) is 40.9 Å². The molecule has 1 aromatic heterocycles. The van der Waals surface area contributed by atoms with Crippen LogP contribution in [0.25, 0.3) is 0 Å². The predicted octanol–water partition coefficient (Wildman–Crippen LogP) is -0.395. The van der Waals surface area contributed by atoms with Gasteiger partial charge >= 0.3 is 0 Å². The molecule has 2 unspecified atom stereocenters. The Bertz CT molecular complexity index is 306. The molecule has 2 atom stereocenters. The van der Waals surface area contributed by atoms with Gasteiger partial charge in [0.2, 0.25) is 5.88 Å².